The summed E-state index contributed by atoms with van der Waals surface area (Å²) in [6, 6.07) is 90.8. The number of fused-ring (bicyclic) bond motifs is 8. The van der Waals surface area contributed by atoms with Crippen LogP contribution in [0.25, 0.3) is 76.5 Å². The third kappa shape index (κ3) is 6.09. The van der Waals surface area contributed by atoms with Crippen molar-refractivity contribution in [3.05, 3.63) is 265 Å². The lowest BCUT2D eigenvalue weighted by atomic mass is 9.72. The molecule has 2 heteroatoms. The van der Waals surface area contributed by atoms with E-state index in [-0.39, 0.29) is 10.8 Å². The lowest BCUT2D eigenvalue weighted by Crippen LogP contribution is -2.31. The van der Waals surface area contributed by atoms with Crippen LogP contribution in [0.4, 0.5) is 34.1 Å². The minimum Gasteiger partial charge on any atom is -0.309 e. The maximum Gasteiger partial charge on any atom is 0.0581 e. The van der Waals surface area contributed by atoms with Crippen LogP contribution in [0.2, 0.25) is 0 Å². The van der Waals surface area contributed by atoms with Crippen LogP contribution in [0.5, 0.6) is 0 Å². The molecule has 2 aliphatic rings. The third-order valence-electron chi connectivity index (χ3n) is 16.2. The van der Waals surface area contributed by atoms with Crippen molar-refractivity contribution >= 4 is 77.2 Å². The molecule has 12 aromatic carbocycles. The Morgan fingerprint density at radius 2 is 0.611 bits per heavy atom. The summed E-state index contributed by atoms with van der Waals surface area (Å²) >= 11 is 0. The van der Waals surface area contributed by atoms with E-state index in [0.717, 1.165) is 11.4 Å². The number of benzene rings is 12. The van der Waals surface area contributed by atoms with E-state index >= 15 is 0 Å². The van der Waals surface area contributed by atoms with Gasteiger partial charge < -0.3 is 9.80 Å². The number of nitrogens with zero attached hydrogens (tertiary/aromatic N) is 2. The normalized spacial score (nSPS) is 14.3. The van der Waals surface area contributed by atoms with Crippen LogP contribution < -0.4 is 9.80 Å². The number of anilines is 6. The SMILES string of the molecule is CC1(C)c2ccccc2N(c2ccccc2)c2c(-c3cccc4c(-c5c6ccccc6cc6ccccc56)c5cccc(-c6cccc7c6N(c6ccccc6)c6ccccc6C7(C)C)c5cc34)cccc21. The molecule has 342 valence electrons. The van der Waals surface area contributed by atoms with E-state index < -0.39 is 0 Å². The monoisotopic (exact) mass is 920 g/mol. The van der Waals surface area contributed by atoms with Gasteiger partial charge in [0.1, 0.15) is 0 Å². The molecule has 0 fully saturated rings. The molecule has 0 radical (unpaired) electrons. The Labute approximate surface area is 421 Å². The third-order valence-corrected chi connectivity index (χ3v) is 16.2. The molecule has 0 N–H and O–H groups in total. The van der Waals surface area contributed by atoms with Crippen molar-refractivity contribution in [2.75, 3.05) is 9.80 Å². The predicted molar refractivity (Wildman–Crippen MR) is 306 cm³/mol. The average molecular weight is 921 g/mol. The second-order valence-electron chi connectivity index (χ2n) is 20.8. The topological polar surface area (TPSA) is 6.48 Å². The zero-order chi connectivity index (χ0) is 48.3. The van der Waals surface area contributed by atoms with Gasteiger partial charge in [-0.3, -0.25) is 0 Å². The molecule has 2 heterocycles. The zero-order valence-electron chi connectivity index (χ0n) is 41.0. The minimum absolute atomic E-state index is 0.256. The van der Waals surface area contributed by atoms with Gasteiger partial charge in [-0.25, -0.2) is 0 Å². The molecule has 0 aromatic heterocycles. The molecule has 14 rings (SSSR count). The first-order valence-electron chi connectivity index (χ1n) is 25.4. The summed E-state index contributed by atoms with van der Waals surface area (Å²) in [5, 5.41) is 9.86. The Morgan fingerprint density at radius 1 is 0.264 bits per heavy atom. The fourth-order valence-electron chi connectivity index (χ4n) is 12.8. The molecule has 12 aromatic rings. The number of rotatable bonds is 5. The maximum atomic E-state index is 2.54. The summed E-state index contributed by atoms with van der Waals surface area (Å²) in [7, 11) is 0. The van der Waals surface area contributed by atoms with Crippen molar-refractivity contribution in [3.8, 4) is 33.4 Å². The highest BCUT2D eigenvalue weighted by Gasteiger charge is 2.40. The smallest absolute Gasteiger partial charge is 0.0581 e. The summed E-state index contributed by atoms with van der Waals surface area (Å²) in [6.07, 6.45) is 0. The van der Waals surface area contributed by atoms with E-state index in [2.05, 4.69) is 280 Å². The highest BCUT2D eigenvalue weighted by Crippen LogP contribution is 2.58. The molecule has 0 saturated heterocycles. The van der Waals surface area contributed by atoms with Gasteiger partial charge in [-0.2, -0.15) is 0 Å². The van der Waals surface area contributed by atoms with Crippen molar-refractivity contribution in [2.45, 2.75) is 38.5 Å². The molecular formula is C70H52N2. The predicted octanol–water partition coefficient (Wildman–Crippen LogP) is 19.5. The number of hydrogen-bond acceptors (Lipinski definition) is 2. The van der Waals surface area contributed by atoms with Crippen molar-refractivity contribution in [2.24, 2.45) is 0 Å². The van der Waals surface area contributed by atoms with Gasteiger partial charge in [0.15, 0.2) is 0 Å². The van der Waals surface area contributed by atoms with E-state index in [1.807, 2.05) is 0 Å². The van der Waals surface area contributed by atoms with Crippen molar-refractivity contribution < 1.29 is 0 Å². The van der Waals surface area contributed by atoms with E-state index in [0.29, 0.717) is 0 Å². The number of hydrogen-bond donors (Lipinski definition) is 0. The first-order valence-corrected chi connectivity index (χ1v) is 25.4. The molecule has 2 aliphatic heterocycles. The molecule has 0 unspecified atom stereocenters. The lowest BCUT2D eigenvalue weighted by Gasteiger charge is -2.43. The zero-order valence-corrected chi connectivity index (χ0v) is 41.0. The molecule has 0 atom stereocenters. The molecule has 2 nitrogen and oxygen atoms in total. The van der Waals surface area contributed by atoms with Crippen LogP contribution in [0, 0.1) is 0 Å². The van der Waals surface area contributed by atoms with Gasteiger partial charge in [-0.05, 0) is 136 Å². The first-order chi connectivity index (χ1) is 35.3. The van der Waals surface area contributed by atoms with Gasteiger partial charge >= 0.3 is 0 Å². The van der Waals surface area contributed by atoms with Crippen molar-refractivity contribution in [3.63, 3.8) is 0 Å². The lowest BCUT2D eigenvalue weighted by molar-refractivity contribution is 0.632. The number of para-hydroxylation sites is 6. The van der Waals surface area contributed by atoms with E-state index in [4.69, 9.17) is 0 Å². The van der Waals surface area contributed by atoms with Crippen LogP contribution in [0.15, 0.2) is 243 Å². The summed E-state index contributed by atoms with van der Waals surface area (Å²) < 4.78 is 0. The summed E-state index contributed by atoms with van der Waals surface area (Å²) in [5.74, 6) is 0. The van der Waals surface area contributed by atoms with Gasteiger partial charge in [0.2, 0.25) is 0 Å². The Morgan fingerprint density at radius 3 is 1.08 bits per heavy atom. The van der Waals surface area contributed by atoms with Crippen molar-refractivity contribution in [1.82, 2.24) is 0 Å². The molecular weight excluding hydrogens is 869 g/mol. The minimum atomic E-state index is -0.256. The van der Waals surface area contributed by atoms with Crippen LogP contribution in [0.1, 0.15) is 49.9 Å². The van der Waals surface area contributed by atoms with Gasteiger partial charge in [0.25, 0.3) is 0 Å². The Hall–Kier alpha value is -8.72. The molecule has 0 saturated carbocycles. The van der Waals surface area contributed by atoms with Gasteiger partial charge in [0.05, 0.1) is 22.7 Å². The van der Waals surface area contributed by atoms with Gasteiger partial charge in [-0.1, -0.05) is 222 Å². The molecule has 72 heavy (non-hydrogen) atoms. The van der Waals surface area contributed by atoms with E-state index in [1.54, 1.807) is 0 Å². The largest absolute Gasteiger partial charge is 0.309 e. The van der Waals surface area contributed by atoms with E-state index in [1.165, 1.54) is 121 Å². The first kappa shape index (κ1) is 42.2. The van der Waals surface area contributed by atoms with Crippen LogP contribution >= 0.6 is 0 Å². The standard InChI is InChI=1S/C70H52N2/c1-69(2)59-37-15-17-41-63(59)71(47-25-7-5-8-26-47)67-55(35-21-39-61(67)69)51-31-19-33-53-57(51)44-58-52(32-20-34-54(58)66(53)65-49-29-13-11-23-45(49)43-46-24-12-14-30-50(46)65)56-36-22-40-62-68(56)72(48-27-9-6-10-28-48)64-42-18-16-38-60(64)70(62,3)4/h5-44H,1-4H3. The Kier molecular flexibility index (Phi) is 9.32. The van der Waals surface area contributed by atoms with Crippen LogP contribution in [0.3, 0.4) is 0 Å². The molecule has 0 aliphatic carbocycles. The fourth-order valence-corrected chi connectivity index (χ4v) is 12.8. The molecule has 0 amide bonds. The quantitative estimate of drug-likeness (QED) is 0.159. The second-order valence-corrected chi connectivity index (χ2v) is 20.8. The summed E-state index contributed by atoms with van der Waals surface area (Å²) in [5.41, 5.74) is 19.3. The Balaban J connectivity index is 1.14. The fraction of sp³-hybridized carbons (Fsp3) is 0.0857. The maximum absolute atomic E-state index is 2.54. The highest BCUT2D eigenvalue weighted by molar-refractivity contribution is 6.26. The van der Waals surface area contributed by atoms with E-state index in [9.17, 15) is 0 Å². The average Bonchev–Trinajstić information content (AvgIpc) is 3.42. The Bertz CT molecular complexity index is 3900. The summed E-state index contributed by atoms with van der Waals surface area (Å²) in [6.45, 7) is 9.56. The second kappa shape index (κ2) is 15.9. The van der Waals surface area contributed by atoms with Crippen molar-refractivity contribution in [1.29, 1.82) is 0 Å². The van der Waals surface area contributed by atoms with Gasteiger partial charge in [0, 0.05) is 33.3 Å². The summed E-state index contributed by atoms with van der Waals surface area (Å²) in [4.78, 5) is 5.04. The van der Waals surface area contributed by atoms with Crippen LogP contribution in [-0.4, -0.2) is 0 Å². The highest BCUT2D eigenvalue weighted by atomic mass is 15.2. The van der Waals surface area contributed by atoms with Crippen LogP contribution in [-0.2, 0) is 10.8 Å². The molecule has 0 bridgehead atoms. The van der Waals surface area contributed by atoms with Gasteiger partial charge in [-0.15, -0.1) is 0 Å². The molecule has 0 spiro atoms.